The summed E-state index contributed by atoms with van der Waals surface area (Å²) >= 11 is 0. The molecule has 7 nitrogen and oxygen atoms in total. The lowest BCUT2D eigenvalue weighted by atomic mass is 10.1. The zero-order valence-corrected chi connectivity index (χ0v) is 14.8. The van der Waals surface area contributed by atoms with Crippen LogP contribution in [-0.4, -0.2) is 39.8 Å². The Morgan fingerprint density at radius 2 is 2.04 bits per heavy atom. The lowest BCUT2D eigenvalue weighted by molar-refractivity contribution is -0.141. The molecule has 132 valence electrons. The van der Waals surface area contributed by atoms with E-state index in [2.05, 4.69) is 10.1 Å². The molecule has 3 heterocycles. The molecule has 1 amide bonds. The van der Waals surface area contributed by atoms with E-state index in [4.69, 9.17) is 4.74 Å². The Hall–Kier alpha value is -3.22. The highest BCUT2D eigenvalue weighted by Crippen LogP contribution is 2.34. The van der Waals surface area contributed by atoms with Crippen molar-refractivity contribution in [3.8, 4) is 0 Å². The molecule has 0 spiro atoms. The number of para-hydroxylation sites is 1. The number of methoxy groups -OCH3 is 1. The third-order valence-electron chi connectivity index (χ3n) is 4.78. The molecule has 0 saturated heterocycles. The Balaban J connectivity index is 1.80. The molecule has 4 rings (SSSR count). The zero-order valence-electron chi connectivity index (χ0n) is 14.8. The first-order chi connectivity index (χ1) is 12.5. The molecule has 0 fully saturated rings. The number of ether oxygens (including phenoxy) is 1. The summed E-state index contributed by atoms with van der Waals surface area (Å²) in [6.07, 6.45) is 1.97. The first kappa shape index (κ1) is 16.3. The van der Waals surface area contributed by atoms with Crippen LogP contribution >= 0.6 is 0 Å². The van der Waals surface area contributed by atoms with Crippen molar-refractivity contribution >= 4 is 28.6 Å². The second-order valence-corrected chi connectivity index (χ2v) is 6.35. The van der Waals surface area contributed by atoms with Gasteiger partial charge in [0.25, 0.3) is 5.91 Å². The number of anilines is 1. The number of carbonyl (C=O) groups excluding carboxylic acids is 2. The minimum Gasteiger partial charge on any atom is -0.467 e. The van der Waals surface area contributed by atoms with Gasteiger partial charge in [-0.1, -0.05) is 18.2 Å². The van der Waals surface area contributed by atoms with Crippen molar-refractivity contribution in [3.05, 3.63) is 53.3 Å². The van der Waals surface area contributed by atoms with Crippen molar-refractivity contribution < 1.29 is 14.3 Å². The van der Waals surface area contributed by atoms with E-state index < -0.39 is 12.0 Å². The highest BCUT2D eigenvalue weighted by Gasteiger charge is 2.39. The number of aromatic nitrogens is 3. The van der Waals surface area contributed by atoms with Crippen LogP contribution in [0.3, 0.4) is 0 Å². The van der Waals surface area contributed by atoms with E-state index in [0.29, 0.717) is 17.6 Å². The van der Waals surface area contributed by atoms with E-state index >= 15 is 0 Å². The van der Waals surface area contributed by atoms with Gasteiger partial charge in [-0.2, -0.15) is 5.10 Å². The molecule has 3 aromatic rings. The van der Waals surface area contributed by atoms with Gasteiger partial charge < -0.3 is 4.74 Å². The predicted molar refractivity (Wildman–Crippen MR) is 96.0 cm³/mol. The Morgan fingerprint density at radius 3 is 2.81 bits per heavy atom. The normalized spacial score (nSPS) is 16.0. The molecule has 1 aliphatic rings. The summed E-state index contributed by atoms with van der Waals surface area (Å²) in [6.45, 7) is 1.88. The number of hydrogen-bond acceptors (Lipinski definition) is 5. The highest BCUT2D eigenvalue weighted by molar-refractivity contribution is 6.11. The fourth-order valence-electron chi connectivity index (χ4n) is 3.53. The maximum Gasteiger partial charge on any atom is 0.329 e. The van der Waals surface area contributed by atoms with E-state index in [0.717, 1.165) is 22.3 Å². The van der Waals surface area contributed by atoms with Gasteiger partial charge in [0.15, 0.2) is 5.65 Å². The van der Waals surface area contributed by atoms with Gasteiger partial charge >= 0.3 is 5.97 Å². The van der Waals surface area contributed by atoms with Crippen LogP contribution < -0.4 is 4.90 Å². The molecule has 0 saturated carbocycles. The predicted octanol–water partition coefficient (Wildman–Crippen LogP) is 2.02. The van der Waals surface area contributed by atoms with Gasteiger partial charge in [-0.3, -0.25) is 14.4 Å². The smallest absolute Gasteiger partial charge is 0.329 e. The van der Waals surface area contributed by atoms with Gasteiger partial charge in [0.2, 0.25) is 0 Å². The second-order valence-electron chi connectivity index (χ2n) is 6.35. The Labute approximate surface area is 150 Å². The van der Waals surface area contributed by atoms with E-state index in [1.165, 1.54) is 18.2 Å². The summed E-state index contributed by atoms with van der Waals surface area (Å²) in [5.41, 5.74) is 3.61. The fourth-order valence-corrected chi connectivity index (χ4v) is 3.53. The molecule has 1 aromatic carbocycles. The van der Waals surface area contributed by atoms with Gasteiger partial charge in [-0.05, 0) is 24.6 Å². The van der Waals surface area contributed by atoms with Crippen LogP contribution in [0, 0.1) is 6.92 Å². The number of esters is 1. The van der Waals surface area contributed by atoms with Crippen molar-refractivity contribution in [2.45, 2.75) is 19.4 Å². The third kappa shape index (κ3) is 2.35. The van der Waals surface area contributed by atoms with Crippen molar-refractivity contribution in [1.29, 1.82) is 0 Å². The molecular weight excluding hydrogens is 332 g/mol. The molecule has 0 N–H and O–H groups in total. The van der Waals surface area contributed by atoms with Crippen LogP contribution in [0.15, 0.2) is 36.5 Å². The number of benzene rings is 1. The van der Waals surface area contributed by atoms with Crippen molar-refractivity contribution in [2.75, 3.05) is 12.0 Å². The third-order valence-corrected chi connectivity index (χ3v) is 4.78. The van der Waals surface area contributed by atoms with Gasteiger partial charge in [0.1, 0.15) is 6.04 Å². The topological polar surface area (TPSA) is 77.3 Å². The number of carbonyl (C=O) groups is 2. The fraction of sp³-hybridized carbons (Fsp3) is 0.263. The van der Waals surface area contributed by atoms with Gasteiger partial charge in [-0.25, -0.2) is 9.78 Å². The van der Waals surface area contributed by atoms with E-state index in [9.17, 15) is 9.59 Å². The summed E-state index contributed by atoms with van der Waals surface area (Å²) < 4.78 is 6.59. The number of fused-ring (bicyclic) bond motifs is 2. The molecule has 26 heavy (non-hydrogen) atoms. The van der Waals surface area contributed by atoms with E-state index in [1.807, 2.05) is 38.2 Å². The maximum atomic E-state index is 13.3. The van der Waals surface area contributed by atoms with Crippen LogP contribution in [0.1, 0.15) is 21.6 Å². The molecule has 0 bridgehead atoms. The van der Waals surface area contributed by atoms with Crippen LogP contribution in [0.5, 0.6) is 0 Å². The van der Waals surface area contributed by atoms with E-state index in [-0.39, 0.29) is 5.91 Å². The Kier molecular flexibility index (Phi) is 3.72. The van der Waals surface area contributed by atoms with Crippen molar-refractivity contribution in [2.24, 2.45) is 7.05 Å². The van der Waals surface area contributed by atoms with Crippen LogP contribution in [0.25, 0.3) is 11.0 Å². The Morgan fingerprint density at radius 1 is 1.27 bits per heavy atom. The molecule has 7 heteroatoms. The van der Waals surface area contributed by atoms with E-state index in [1.54, 1.807) is 10.7 Å². The van der Waals surface area contributed by atoms with Gasteiger partial charge in [-0.15, -0.1) is 0 Å². The lowest BCUT2D eigenvalue weighted by Gasteiger charge is -2.23. The molecule has 0 aliphatic carbocycles. The number of nitrogens with zero attached hydrogens (tertiary/aromatic N) is 4. The monoisotopic (exact) mass is 350 g/mol. The summed E-state index contributed by atoms with van der Waals surface area (Å²) in [5, 5.41) is 5.16. The quantitative estimate of drug-likeness (QED) is 0.661. The first-order valence-corrected chi connectivity index (χ1v) is 8.30. The second kappa shape index (κ2) is 5.94. The summed E-state index contributed by atoms with van der Waals surface area (Å²) in [6, 6.07) is 8.63. The number of hydrogen-bond donors (Lipinski definition) is 0. The average molecular weight is 350 g/mol. The number of amides is 1. The van der Waals surface area contributed by atoms with Crippen molar-refractivity contribution in [1.82, 2.24) is 14.8 Å². The minimum absolute atomic E-state index is 0.275. The first-order valence-electron chi connectivity index (χ1n) is 8.30. The number of rotatable bonds is 2. The summed E-state index contributed by atoms with van der Waals surface area (Å²) in [4.78, 5) is 31.4. The molecule has 1 atom stereocenters. The highest BCUT2D eigenvalue weighted by atomic mass is 16.5. The summed E-state index contributed by atoms with van der Waals surface area (Å²) in [7, 11) is 3.15. The minimum atomic E-state index is -0.671. The van der Waals surface area contributed by atoms with Gasteiger partial charge in [0.05, 0.1) is 18.4 Å². The van der Waals surface area contributed by atoms with Crippen LogP contribution in [-0.2, 0) is 23.0 Å². The SMILES string of the molecule is COC(=O)C1Cc2ccccc2N1C(=O)c1cnc2c(c1)c(C)nn2C. The Bertz CT molecular complexity index is 1040. The zero-order chi connectivity index (χ0) is 18.4. The van der Waals surface area contributed by atoms with Crippen LogP contribution in [0.2, 0.25) is 0 Å². The number of aryl methyl sites for hydroxylation is 2. The van der Waals surface area contributed by atoms with Gasteiger partial charge in [0, 0.05) is 30.7 Å². The molecule has 1 unspecified atom stereocenters. The number of pyridine rings is 1. The molecule has 2 aromatic heterocycles. The molecule has 0 radical (unpaired) electrons. The molecule has 1 aliphatic heterocycles. The lowest BCUT2D eigenvalue weighted by Crippen LogP contribution is -2.43. The summed E-state index contributed by atoms with van der Waals surface area (Å²) in [5.74, 6) is -0.704. The average Bonchev–Trinajstić information content (AvgIpc) is 3.18. The molecular formula is C19H18N4O3. The van der Waals surface area contributed by atoms with Crippen molar-refractivity contribution in [3.63, 3.8) is 0 Å². The largest absolute Gasteiger partial charge is 0.467 e. The maximum absolute atomic E-state index is 13.3. The van der Waals surface area contributed by atoms with Crippen LogP contribution in [0.4, 0.5) is 5.69 Å². The standard InChI is InChI=1S/C19H18N4O3/c1-11-14-8-13(10-20-17(14)22(2)21-11)18(24)23-15-7-5-4-6-12(15)9-16(23)19(25)26-3/h4-8,10,16H,9H2,1-3H3.